The number of nitrogens with one attached hydrogen (secondary N) is 1. The van der Waals surface area contributed by atoms with Crippen LogP contribution in [0.2, 0.25) is 5.02 Å². The maximum Gasteiger partial charge on any atom is 0.217 e. The van der Waals surface area contributed by atoms with Crippen molar-refractivity contribution in [1.82, 2.24) is 5.32 Å². The van der Waals surface area contributed by atoms with Gasteiger partial charge in [-0.1, -0.05) is 11.6 Å². The number of fused-ring (bicyclic) bond motifs is 3. The molecule has 0 aromatic heterocycles. The summed E-state index contributed by atoms with van der Waals surface area (Å²) in [6.07, 6.45) is 1.20. The Morgan fingerprint density at radius 1 is 1.10 bits per heavy atom. The fourth-order valence-electron chi connectivity index (χ4n) is 4.92. The second kappa shape index (κ2) is 8.06. The molecule has 1 unspecified atom stereocenters. The van der Waals surface area contributed by atoms with E-state index in [9.17, 15) is 17.6 Å². The average Bonchev–Trinajstić information content (AvgIpc) is 2.91. The van der Waals surface area contributed by atoms with Gasteiger partial charge in [-0.3, -0.25) is 4.79 Å². The van der Waals surface area contributed by atoms with Crippen molar-refractivity contribution in [3.8, 4) is 5.75 Å². The van der Waals surface area contributed by atoms with E-state index in [1.165, 1.54) is 31.2 Å². The van der Waals surface area contributed by atoms with E-state index in [4.69, 9.17) is 16.3 Å². The van der Waals surface area contributed by atoms with E-state index in [0.717, 1.165) is 12.1 Å². The molecule has 1 aliphatic carbocycles. The summed E-state index contributed by atoms with van der Waals surface area (Å²) in [4.78, 5) is 11.6. The predicted octanol–water partition coefficient (Wildman–Crippen LogP) is 4.37. The number of amides is 1. The normalized spacial score (nSPS) is 25.5. The first-order valence-corrected chi connectivity index (χ1v) is 11.9. The van der Waals surface area contributed by atoms with Crippen molar-refractivity contribution in [3.05, 3.63) is 58.6 Å². The first-order valence-electron chi connectivity index (χ1n) is 10.1. The van der Waals surface area contributed by atoms with Gasteiger partial charge < -0.3 is 10.1 Å². The molecule has 0 bridgehead atoms. The van der Waals surface area contributed by atoms with E-state index in [2.05, 4.69) is 5.32 Å². The van der Waals surface area contributed by atoms with E-state index < -0.39 is 32.1 Å². The Labute approximate surface area is 184 Å². The lowest BCUT2D eigenvalue weighted by Crippen LogP contribution is -2.48. The highest BCUT2D eigenvalue weighted by Gasteiger charge is 2.58. The van der Waals surface area contributed by atoms with Gasteiger partial charge in [0.15, 0.2) is 21.4 Å². The Morgan fingerprint density at radius 3 is 2.45 bits per heavy atom. The van der Waals surface area contributed by atoms with Gasteiger partial charge >= 0.3 is 0 Å². The van der Waals surface area contributed by atoms with E-state index in [1.54, 1.807) is 0 Å². The number of hydrogen-bond acceptors (Lipinski definition) is 4. The minimum absolute atomic E-state index is 0.0172. The van der Waals surface area contributed by atoms with Gasteiger partial charge in [0.05, 0.1) is 17.1 Å². The SMILES string of the molecule is CC(=O)N[C@@H]1CCC2COc3c(F)ccc(F)c3[C@@]2(S(=O)(=O)c2ccc(Cl)cc2)CC1. The molecule has 1 heterocycles. The molecule has 1 aliphatic heterocycles. The van der Waals surface area contributed by atoms with Crippen LogP contribution in [0.25, 0.3) is 0 Å². The van der Waals surface area contributed by atoms with Crippen molar-refractivity contribution in [2.24, 2.45) is 5.92 Å². The van der Waals surface area contributed by atoms with Gasteiger partial charge in [0.2, 0.25) is 5.91 Å². The van der Waals surface area contributed by atoms with Crippen LogP contribution in [0, 0.1) is 17.6 Å². The fourth-order valence-corrected chi connectivity index (χ4v) is 7.43. The standard InChI is InChI=1S/C22H22ClF2NO4S/c1-13(27)26-16-5-2-14-12-30-21-19(25)9-8-18(24)20(21)22(14,11-10-16)31(28,29)17-6-3-15(23)4-7-17/h3-4,6-9,14,16H,2,5,10-12H2,1H3,(H,26,27)/t14?,16-,22-/m1/s1. The quantitative estimate of drug-likeness (QED) is 0.724. The molecule has 9 heteroatoms. The first kappa shape index (κ1) is 22.0. The van der Waals surface area contributed by atoms with Gasteiger partial charge in [-0.2, -0.15) is 0 Å². The number of carbonyl (C=O) groups is 1. The topological polar surface area (TPSA) is 72.5 Å². The molecular weight excluding hydrogens is 448 g/mol. The van der Waals surface area contributed by atoms with Gasteiger partial charge in [-0.15, -0.1) is 0 Å². The highest BCUT2D eigenvalue weighted by molar-refractivity contribution is 7.92. The molecule has 166 valence electrons. The van der Waals surface area contributed by atoms with Gasteiger partial charge in [-0.25, -0.2) is 17.2 Å². The van der Waals surface area contributed by atoms with Gasteiger partial charge in [0.25, 0.3) is 0 Å². The zero-order chi connectivity index (χ0) is 22.4. The summed E-state index contributed by atoms with van der Waals surface area (Å²) in [5.41, 5.74) is -0.262. The van der Waals surface area contributed by atoms with Crippen LogP contribution in [0.15, 0.2) is 41.3 Å². The van der Waals surface area contributed by atoms with Crippen LogP contribution >= 0.6 is 11.6 Å². The van der Waals surface area contributed by atoms with E-state index in [0.29, 0.717) is 24.3 Å². The van der Waals surface area contributed by atoms with E-state index >= 15 is 4.39 Å². The highest BCUT2D eigenvalue weighted by atomic mass is 35.5. The third kappa shape index (κ3) is 3.59. The molecule has 3 atom stereocenters. The van der Waals surface area contributed by atoms with Gasteiger partial charge in [0.1, 0.15) is 10.6 Å². The lowest BCUT2D eigenvalue weighted by molar-refractivity contribution is -0.119. The van der Waals surface area contributed by atoms with Crippen LogP contribution < -0.4 is 10.1 Å². The smallest absolute Gasteiger partial charge is 0.217 e. The molecule has 0 radical (unpaired) electrons. The third-order valence-electron chi connectivity index (χ3n) is 6.31. The number of ether oxygens (including phenoxy) is 1. The predicted molar refractivity (Wildman–Crippen MR) is 112 cm³/mol. The molecule has 2 aromatic rings. The van der Waals surface area contributed by atoms with Crippen LogP contribution in [0.1, 0.15) is 38.2 Å². The second-order valence-electron chi connectivity index (χ2n) is 8.10. The lowest BCUT2D eigenvalue weighted by Gasteiger charge is -2.43. The van der Waals surface area contributed by atoms with Gasteiger partial charge in [-0.05, 0) is 62.1 Å². The lowest BCUT2D eigenvalue weighted by atomic mass is 9.79. The highest BCUT2D eigenvalue weighted by Crippen LogP contribution is 2.55. The monoisotopic (exact) mass is 469 g/mol. The molecular formula is C22H22ClF2NO4S. The summed E-state index contributed by atoms with van der Waals surface area (Å²) in [6.45, 7) is 1.33. The maximum atomic E-state index is 15.2. The largest absolute Gasteiger partial charge is 0.490 e. The number of halogens is 3. The Morgan fingerprint density at radius 2 is 1.77 bits per heavy atom. The molecule has 1 amide bonds. The number of carbonyl (C=O) groups excluding carboxylic acids is 1. The third-order valence-corrected chi connectivity index (χ3v) is 9.15. The zero-order valence-corrected chi connectivity index (χ0v) is 18.4. The Bertz CT molecular complexity index is 1120. The van der Waals surface area contributed by atoms with Crippen molar-refractivity contribution >= 4 is 27.3 Å². The van der Waals surface area contributed by atoms with Crippen molar-refractivity contribution in [3.63, 3.8) is 0 Å². The molecule has 5 nitrogen and oxygen atoms in total. The molecule has 1 saturated carbocycles. The van der Waals surface area contributed by atoms with Crippen LogP contribution in [-0.2, 0) is 19.4 Å². The van der Waals surface area contributed by atoms with Crippen LogP contribution in [0.3, 0.4) is 0 Å². The summed E-state index contributed by atoms with van der Waals surface area (Å²) < 4.78 is 61.8. The maximum absolute atomic E-state index is 15.2. The van der Waals surface area contributed by atoms with E-state index in [-0.39, 0.29) is 41.2 Å². The summed E-state index contributed by atoms with van der Waals surface area (Å²) in [7, 11) is -4.19. The number of hydrogen-bond donors (Lipinski definition) is 1. The molecule has 2 aromatic carbocycles. The van der Waals surface area contributed by atoms with Crippen LogP contribution in [0.5, 0.6) is 5.75 Å². The molecule has 31 heavy (non-hydrogen) atoms. The molecule has 1 N–H and O–H groups in total. The fraction of sp³-hybridized carbons (Fsp3) is 0.409. The Balaban J connectivity index is 1.95. The summed E-state index contributed by atoms with van der Waals surface area (Å²) >= 11 is 5.94. The van der Waals surface area contributed by atoms with E-state index in [1.807, 2.05) is 0 Å². The molecule has 0 saturated heterocycles. The molecule has 4 rings (SSSR count). The second-order valence-corrected chi connectivity index (χ2v) is 10.7. The Kier molecular flexibility index (Phi) is 5.72. The van der Waals surface area contributed by atoms with Crippen molar-refractivity contribution in [1.29, 1.82) is 0 Å². The number of rotatable bonds is 3. The Hall–Kier alpha value is -2.19. The number of sulfone groups is 1. The minimum atomic E-state index is -4.19. The summed E-state index contributed by atoms with van der Waals surface area (Å²) in [5.74, 6) is -2.82. The molecule has 0 spiro atoms. The van der Waals surface area contributed by atoms with Crippen LogP contribution in [-0.4, -0.2) is 27.0 Å². The average molecular weight is 470 g/mol. The van der Waals surface area contributed by atoms with Crippen molar-refractivity contribution < 1.29 is 26.7 Å². The number of benzene rings is 2. The van der Waals surface area contributed by atoms with Crippen molar-refractivity contribution in [2.45, 2.75) is 48.3 Å². The summed E-state index contributed by atoms with van der Waals surface area (Å²) in [5, 5.41) is 3.20. The van der Waals surface area contributed by atoms with Gasteiger partial charge in [0, 0.05) is 23.9 Å². The zero-order valence-electron chi connectivity index (χ0n) is 16.8. The minimum Gasteiger partial charge on any atom is -0.490 e. The summed E-state index contributed by atoms with van der Waals surface area (Å²) in [6, 6.07) is 7.29. The molecule has 1 fully saturated rings. The molecule has 2 aliphatic rings. The first-order chi connectivity index (χ1) is 14.7. The van der Waals surface area contributed by atoms with Crippen LogP contribution in [0.4, 0.5) is 8.78 Å². The van der Waals surface area contributed by atoms with Crippen molar-refractivity contribution in [2.75, 3.05) is 6.61 Å².